The van der Waals surface area contributed by atoms with Crippen LogP contribution in [0.3, 0.4) is 0 Å². The average molecular weight is 377 g/mol. The molecule has 27 heavy (non-hydrogen) atoms. The molecule has 0 spiro atoms. The number of halogens is 1. The third-order valence-corrected chi connectivity index (χ3v) is 4.58. The van der Waals surface area contributed by atoms with E-state index in [2.05, 4.69) is 10.3 Å². The number of oxazole rings is 1. The second-order valence-electron chi connectivity index (χ2n) is 6.37. The van der Waals surface area contributed by atoms with E-state index in [-0.39, 0.29) is 12.3 Å². The molecule has 0 fully saturated rings. The van der Waals surface area contributed by atoms with Crippen molar-refractivity contribution in [1.29, 1.82) is 0 Å². The first kappa shape index (κ1) is 17.3. The SMILES string of the molecule is Cc1ccccc1-c1nc2cc(NC(=O)Cc3ccc(Cl)cc3)ccc2o1. The number of hydrogen-bond acceptors (Lipinski definition) is 3. The van der Waals surface area contributed by atoms with Crippen LogP contribution in [0, 0.1) is 6.92 Å². The Balaban J connectivity index is 1.54. The topological polar surface area (TPSA) is 55.1 Å². The number of hydrogen-bond donors (Lipinski definition) is 1. The number of carbonyl (C=O) groups is 1. The molecular weight excluding hydrogens is 360 g/mol. The Morgan fingerprint density at radius 1 is 1.07 bits per heavy atom. The van der Waals surface area contributed by atoms with Crippen LogP contribution in [0.25, 0.3) is 22.6 Å². The van der Waals surface area contributed by atoms with Gasteiger partial charge in [-0.15, -0.1) is 0 Å². The van der Waals surface area contributed by atoms with Crippen molar-refractivity contribution in [3.05, 3.63) is 82.9 Å². The first-order valence-electron chi connectivity index (χ1n) is 8.59. The Morgan fingerprint density at radius 3 is 2.63 bits per heavy atom. The molecule has 5 heteroatoms. The maximum atomic E-state index is 12.3. The van der Waals surface area contributed by atoms with Gasteiger partial charge in [-0.2, -0.15) is 0 Å². The van der Waals surface area contributed by atoms with Crippen LogP contribution >= 0.6 is 11.6 Å². The largest absolute Gasteiger partial charge is 0.436 e. The Kier molecular flexibility index (Phi) is 4.65. The number of carbonyl (C=O) groups excluding carboxylic acids is 1. The fourth-order valence-corrected chi connectivity index (χ4v) is 3.05. The number of nitrogens with zero attached hydrogens (tertiary/aromatic N) is 1. The molecule has 0 saturated carbocycles. The lowest BCUT2D eigenvalue weighted by Crippen LogP contribution is -2.14. The summed E-state index contributed by atoms with van der Waals surface area (Å²) in [5.74, 6) is 0.479. The molecule has 3 aromatic carbocycles. The Bertz CT molecular complexity index is 1120. The van der Waals surface area contributed by atoms with Gasteiger partial charge in [0.05, 0.1) is 6.42 Å². The number of amides is 1. The maximum Gasteiger partial charge on any atom is 0.228 e. The van der Waals surface area contributed by atoms with E-state index >= 15 is 0 Å². The summed E-state index contributed by atoms with van der Waals surface area (Å²) in [7, 11) is 0. The van der Waals surface area contributed by atoms with Crippen molar-refractivity contribution in [3.8, 4) is 11.5 Å². The molecule has 0 aliphatic carbocycles. The van der Waals surface area contributed by atoms with Crippen molar-refractivity contribution in [1.82, 2.24) is 4.98 Å². The highest BCUT2D eigenvalue weighted by Crippen LogP contribution is 2.28. The second-order valence-corrected chi connectivity index (χ2v) is 6.80. The van der Waals surface area contributed by atoms with E-state index in [4.69, 9.17) is 16.0 Å². The van der Waals surface area contributed by atoms with Gasteiger partial charge in [-0.3, -0.25) is 4.79 Å². The lowest BCUT2D eigenvalue weighted by Gasteiger charge is -2.05. The first-order chi connectivity index (χ1) is 13.1. The average Bonchev–Trinajstić information content (AvgIpc) is 3.07. The molecule has 0 aliphatic heterocycles. The number of anilines is 1. The molecule has 1 aromatic heterocycles. The van der Waals surface area contributed by atoms with Gasteiger partial charge >= 0.3 is 0 Å². The third-order valence-electron chi connectivity index (χ3n) is 4.32. The van der Waals surface area contributed by atoms with Crippen molar-refractivity contribution < 1.29 is 9.21 Å². The van der Waals surface area contributed by atoms with Gasteiger partial charge < -0.3 is 9.73 Å². The van der Waals surface area contributed by atoms with Gasteiger partial charge in [-0.05, 0) is 54.4 Å². The fourth-order valence-electron chi connectivity index (χ4n) is 2.93. The molecule has 0 bridgehead atoms. The summed E-state index contributed by atoms with van der Waals surface area (Å²) in [6, 6.07) is 20.6. The monoisotopic (exact) mass is 376 g/mol. The zero-order chi connectivity index (χ0) is 18.8. The summed E-state index contributed by atoms with van der Waals surface area (Å²) >= 11 is 5.87. The molecule has 4 rings (SSSR count). The lowest BCUT2D eigenvalue weighted by molar-refractivity contribution is -0.115. The van der Waals surface area contributed by atoms with Crippen LogP contribution in [0.5, 0.6) is 0 Å². The van der Waals surface area contributed by atoms with E-state index in [1.165, 1.54) is 0 Å². The van der Waals surface area contributed by atoms with Crippen LogP contribution in [0.1, 0.15) is 11.1 Å². The number of benzene rings is 3. The van der Waals surface area contributed by atoms with Crippen molar-refractivity contribution in [2.45, 2.75) is 13.3 Å². The molecule has 0 radical (unpaired) electrons. The quantitative estimate of drug-likeness (QED) is 0.501. The van der Waals surface area contributed by atoms with Crippen LogP contribution in [-0.2, 0) is 11.2 Å². The molecule has 4 nitrogen and oxygen atoms in total. The smallest absolute Gasteiger partial charge is 0.228 e. The molecule has 1 amide bonds. The predicted molar refractivity (Wildman–Crippen MR) is 108 cm³/mol. The van der Waals surface area contributed by atoms with Crippen LogP contribution in [0.15, 0.2) is 71.1 Å². The van der Waals surface area contributed by atoms with E-state index in [9.17, 15) is 4.79 Å². The Labute approximate surface area is 161 Å². The van der Waals surface area contributed by atoms with E-state index < -0.39 is 0 Å². The molecule has 0 unspecified atom stereocenters. The van der Waals surface area contributed by atoms with E-state index in [0.717, 1.165) is 16.7 Å². The molecule has 4 aromatic rings. The van der Waals surface area contributed by atoms with Crippen LogP contribution < -0.4 is 5.32 Å². The van der Waals surface area contributed by atoms with Crippen LogP contribution in [0.4, 0.5) is 5.69 Å². The van der Waals surface area contributed by atoms with E-state index in [1.54, 1.807) is 12.1 Å². The Morgan fingerprint density at radius 2 is 1.85 bits per heavy atom. The fraction of sp³-hybridized carbons (Fsp3) is 0.0909. The van der Waals surface area contributed by atoms with Crippen molar-refractivity contribution in [3.63, 3.8) is 0 Å². The van der Waals surface area contributed by atoms with Gasteiger partial charge in [0, 0.05) is 16.3 Å². The lowest BCUT2D eigenvalue weighted by atomic mass is 10.1. The third kappa shape index (κ3) is 3.86. The first-order valence-corrected chi connectivity index (χ1v) is 8.97. The summed E-state index contributed by atoms with van der Waals surface area (Å²) in [6.07, 6.45) is 0.280. The highest BCUT2D eigenvalue weighted by molar-refractivity contribution is 6.30. The number of nitrogens with one attached hydrogen (secondary N) is 1. The van der Waals surface area contributed by atoms with Crippen molar-refractivity contribution in [2.24, 2.45) is 0 Å². The van der Waals surface area contributed by atoms with Gasteiger partial charge in [0.1, 0.15) is 5.52 Å². The highest BCUT2D eigenvalue weighted by atomic mass is 35.5. The minimum Gasteiger partial charge on any atom is -0.436 e. The van der Waals surface area contributed by atoms with Crippen LogP contribution in [0.2, 0.25) is 5.02 Å². The summed E-state index contributed by atoms with van der Waals surface area (Å²) in [4.78, 5) is 16.9. The minimum atomic E-state index is -0.0979. The number of aryl methyl sites for hydroxylation is 1. The number of fused-ring (bicyclic) bond motifs is 1. The van der Waals surface area contributed by atoms with Gasteiger partial charge in [0.2, 0.25) is 11.8 Å². The number of rotatable bonds is 4. The molecule has 134 valence electrons. The Hall–Kier alpha value is -3.11. The molecule has 1 heterocycles. The predicted octanol–water partition coefficient (Wildman–Crippen LogP) is 5.64. The normalized spacial score (nSPS) is 10.9. The van der Waals surface area contributed by atoms with Gasteiger partial charge in [0.25, 0.3) is 0 Å². The molecule has 1 N–H and O–H groups in total. The van der Waals surface area contributed by atoms with Crippen molar-refractivity contribution >= 4 is 34.3 Å². The second kappa shape index (κ2) is 7.25. The van der Waals surface area contributed by atoms with E-state index in [0.29, 0.717) is 27.7 Å². The molecular formula is C22H17ClN2O2. The van der Waals surface area contributed by atoms with Crippen LogP contribution in [-0.4, -0.2) is 10.9 Å². The summed E-state index contributed by atoms with van der Waals surface area (Å²) < 4.78 is 5.87. The molecule has 0 aliphatic rings. The van der Waals surface area contributed by atoms with E-state index in [1.807, 2.05) is 61.5 Å². The highest BCUT2D eigenvalue weighted by Gasteiger charge is 2.11. The molecule has 0 atom stereocenters. The van der Waals surface area contributed by atoms with Gasteiger partial charge in [-0.25, -0.2) is 4.98 Å². The summed E-state index contributed by atoms with van der Waals surface area (Å²) in [6.45, 7) is 2.02. The van der Waals surface area contributed by atoms with Gasteiger partial charge in [0.15, 0.2) is 5.58 Å². The summed E-state index contributed by atoms with van der Waals surface area (Å²) in [5.41, 5.74) is 5.04. The zero-order valence-electron chi connectivity index (χ0n) is 14.7. The standard InChI is InChI=1S/C22H17ClN2O2/c1-14-4-2-3-5-18(14)22-25-19-13-17(10-11-20(19)27-22)24-21(26)12-15-6-8-16(23)9-7-15/h2-11,13H,12H2,1H3,(H,24,26). The van der Waals surface area contributed by atoms with Crippen molar-refractivity contribution in [2.75, 3.05) is 5.32 Å². The maximum absolute atomic E-state index is 12.3. The summed E-state index contributed by atoms with van der Waals surface area (Å²) in [5, 5.41) is 3.56. The van der Waals surface area contributed by atoms with Gasteiger partial charge in [-0.1, -0.05) is 41.9 Å². The number of aromatic nitrogens is 1. The zero-order valence-corrected chi connectivity index (χ0v) is 15.5. The molecule has 0 saturated heterocycles. The minimum absolute atomic E-state index is 0.0979.